The Balaban J connectivity index is 1.64. The third kappa shape index (κ3) is 4.95. The fourth-order valence-electron chi connectivity index (χ4n) is 2.45. The van der Waals surface area contributed by atoms with Crippen molar-refractivity contribution in [1.29, 1.82) is 0 Å². The molecule has 7 heteroatoms. The number of benzene rings is 2. The van der Waals surface area contributed by atoms with Gasteiger partial charge in [0.1, 0.15) is 18.2 Å². The van der Waals surface area contributed by atoms with Crippen LogP contribution in [0.2, 0.25) is 5.02 Å². The van der Waals surface area contributed by atoms with Gasteiger partial charge in [0.15, 0.2) is 5.69 Å². The zero-order valence-electron chi connectivity index (χ0n) is 14.8. The third-order valence-corrected chi connectivity index (χ3v) is 4.23. The van der Waals surface area contributed by atoms with Crippen LogP contribution in [0.5, 0.6) is 5.75 Å². The molecule has 27 heavy (non-hydrogen) atoms. The number of amides is 1. The van der Waals surface area contributed by atoms with E-state index in [1.165, 1.54) is 0 Å². The summed E-state index contributed by atoms with van der Waals surface area (Å²) in [5, 5.41) is 14.2. The number of carbonyl (C=O) groups is 1. The van der Waals surface area contributed by atoms with Crippen molar-refractivity contribution in [3.63, 3.8) is 0 Å². The van der Waals surface area contributed by atoms with Crippen LogP contribution in [0.3, 0.4) is 0 Å². The Labute approximate surface area is 162 Å². The highest BCUT2D eigenvalue weighted by molar-refractivity contribution is 6.32. The van der Waals surface area contributed by atoms with Gasteiger partial charge in [0.2, 0.25) is 0 Å². The summed E-state index contributed by atoms with van der Waals surface area (Å²) in [5.74, 6) is 0.971. The summed E-state index contributed by atoms with van der Waals surface area (Å²) in [6.45, 7) is 0.957. The lowest BCUT2D eigenvalue weighted by atomic mass is 10.1. The molecule has 0 bridgehead atoms. The van der Waals surface area contributed by atoms with Gasteiger partial charge in [0.25, 0.3) is 5.91 Å². The summed E-state index contributed by atoms with van der Waals surface area (Å²) in [5.41, 5.74) is 2.39. The minimum atomic E-state index is -0.267. The average molecular weight is 383 g/mol. The van der Waals surface area contributed by atoms with Crippen molar-refractivity contribution in [1.82, 2.24) is 15.5 Å². The molecule has 2 aromatic carbocycles. The second-order valence-electron chi connectivity index (χ2n) is 5.72. The molecule has 0 spiro atoms. The van der Waals surface area contributed by atoms with E-state index in [1.807, 2.05) is 42.5 Å². The van der Waals surface area contributed by atoms with E-state index in [2.05, 4.69) is 20.8 Å². The van der Waals surface area contributed by atoms with Crippen molar-refractivity contribution in [2.45, 2.75) is 13.2 Å². The smallest absolute Gasteiger partial charge is 0.271 e. The van der Waals surface area contributed by atoms with Crippen molar-refractivity contribution < 1.29 is 9.53 Å². The van der Waals surface area contributed by atoms with E-state index >= 15 is 0 Å². The first kappa shape index (κ1) is 18.7. The lowest BCUT2D eigenvalue weighted by molar-refractivity contribution is 0.0957. The minimum absolute atomic E-state index is 0.267. The number of para-hydroxylation sites is 1. The van der Waals surface area contributed by atoms with Gasteiger partial charge in [-0.05, 0) is 35.4 Å². The third-order valence-electron chi connectivity index (χ3n) is 3.92. The van der Waals surface area contributed by atoms with Gasteiger partial charge in [-0.2, -0.15) is 0 Å². The number of carbonyl (C=O) groups excluding carboxylic acids is 1. The molecular weight excluding hydrogens is 364 g/mol. The van der Waals surface area contributed by atoms with Gasteiger partial charge in [0.05, 0.1) is 5.02 Å². The molecule has 1 aromatic heterocycles. The van der Waals surface area contributed by atoms with Crippen LogP contribution in [0.1, 0.15) is 21.6 Å². The van der Waals surface area contributed by atoms with E-state index in [-0.39, 0.29) is 11.6 Å². The van der Waals surface area contributed by atoms with E-state index < -0.39 is 0 Å². The van der Waals surface area contributed by atoms with Crippen LogP contribution in [0.25, 0.3) is 0 Å². The second-order valence-corrected chi connectivity index (χ2v) is 6.13. The highest BCUT2D eigenvalue weighted by Gasteiger charge is 2.07. The van der Waals surface area contributed by atoms with E-state index in [4.69, 9.17) is 16.3 Å². The summed E-state index contributed by atoms with van der Waals surface area (Å²) < 4.78 is 5.84. The molecule has 0 atom stereocenters. The zero-order chi connectivity index (χ0) is 19.1. The Morgan fingerprint density at radius 2 is 1.74 bits per heavy atom. The molecule has 0 saturated carbocycles. The van der Waals surface area contributed by atoms with E-state index in [9.17, 15) is 4.79 Å². The first-order valence-corrected chi connectivity index (χ1v) is 8.79. The van der Waals surface area contributed by atoms with Crippen molar-refractivity contribution >= 4 is 23.3 Å². The number of rotatable bonds is 7. The number of anilines is 1. The van der Waals surface area contributed by atoms with Crippen molar-refractivity contribution in [3.8, 4) is 5.75 Å². The Hall–Kier alpha value is -3.12. The molecule has 0 radical (unpaired) electrons. The number of hydrogen-bond acceptors (Lipinski definition) is 5. The molecule has 0 unspecified atom stereocenters. The summed E-state index contributed by atoms with van der Waals surface area (Å²) in [6, 6.07) is 18.7. The van der Waals surface area contributed by atoms with Crippen LogP contribution in [0.15, 0.2) is 60.7 Å². The van der Waals surface area contributed by atoms with Gasteiger partial charge in [-0.3, -0.25) is 4.79 Å². The summed E-state index contributed by atoms with van der Waals surface area (Å²) in [4.78, 5) is 11.5. The van der Waals surface area contributed by atoms with E-state index in [0.29, 0.717) is 29.7 Å². The first-order valence-electron chi connectivity index (χ1n) is 8.41. The lowest BCUT2D eigenvalue weighted by Crippen LogP contribution is -2.19. The number of aromatic nitrogens is 2. The topological polar surface area (TPSA) is 76.1 Å². The maximum atomic E-state index is 11.5. The van der Waals surface area contributed by atoms with Gasteiger partial charge in [-0.1, -0.05) is 48.0 Å². The largest absolute Gasteiger partial charge is 0.487 e. The minimum Gasteiger partial charge on any atom is -0.487 e. The highest BCUT2D eigenvalue weighted by Crippen LogP contribution is 2.24. The molecule has 0 aliphatic carbocycles. The number of halogens is 1. The molecule has 0 saturated heterocycles. The molecule has 1 heterocycles. The molecule has 0 aliphatic heterocycles. The SMILES string of the molecule is CNC(=O)c1ccc(NCc2ccccc2COc2ccccc2Cl)nn1. The van der Waals surface area contributed by atoms with Gasteiger partial charge >= 0.3 is 0 Å². The summed E-state index contributed by atoms with van der Waals surface area (Å²) in [6.07, 6.45) is 0. The van der Waals surface area contributed by atoms with Crippen LogP contribution >= 0.6 is 11.6 Å². The molecular formula is C20H19ClN4O2. The monoisotopic (exact) mass is 382 g/mol. The van der Waals surface area contributed by atoms with Crippen molar-refractivity contribution in [3.05, 3.63) is 82.5 Å². The van der Waals surface area contributed by atoms with E-state index in [0.717, 1.165) is 11.1 Å². The fourth-order valence-corrected chi connectivity index (χ4v) is 2.64. The highest BCUT2D eigenvalue weighted by atomic mass is 35.5. The van der Waals surface area contributed by atoms with Gasteiger partial charge in [0, 0.05) is 13.6 Å². The van der Waals surface area contributed by atoms with E-state index in [1.54, 1.807) is 25.2 Å². The standard InChI is InChI=1S/C20H19ClN4O2/c1-22-20(26)17-10-11-19(25-24-17)23-12-14-6-2-3-7-15(14)13-27-18-9-5-4-8-16(18)21/h2-11H,12-13H2,1H3,(H,22,26)(H,23,25). The Morgan fingerprint density at radius 1 is 1.00 bits per heavy atom. The first-order chi connectivity index (χ1) is 13.2. The number of hydrogen-bond donors (Lipinski definition) is 2. The van der Waals surface area contributed by atoms with Crippen LogP contribution in [0.4, 0.5) is 5.82 Å². The predicted octanol–water partition coefficient (Wildman–Crippen LogP) is 3.68. The number of nitrogens with one attached hydrogen (secondary N) is 2. The van der Waals surface area contributed by atoms with Gasteiger partial charge < -0.3 is 15.4 Å². The maximum Gasteiger partial charge on any atom is 0.271 e. The molecule has 1 amide bonds. The van der Waals surface area contributed by atoms with Crippen LogP contribution in [-0.4, -0.2) is 23.2 Å². The van der Waals surface area contributed by atoms with Gasteiger partial charge in [-0.15, -0.1) is 10.2 Å². The quantitative estimate of drug-likeness (QED) is 0.651. The van der Waals surface area contributed by atoms with Crippen molar-refractivity contribution in [2.75, 3.05) is 12.4 Å². The number of ether oxygens (including phenoxy) is 1. The lowest BCUT2D eigenvalue weighted by Gasteiger charge is -2.13. The maximum absolute atomic E-state index is 11.5. The normalized spacial score (nSPS) is 10.3. The molecule has 2 N–H and O–H groups in total. The predicted molar refractivity (Wildman–Crippen MR) is 105 cm³/mol. The van der Waals surface area contributed by atoms with Crippen LogP contribution in [-0.2, 0) is 13.2 Å². The molecule has 0 fully saturated rings. The summed E-state index contributed by atoms with van der Waals surface area (Å²) in [7, 11) is 1.55. The van der Waals surface area contributed by atoms with Crippen molar-refractivity contribution in [2.24, 2.45) is 0 Å². The number of nitrogens with zero attached hydrogens (tertiary/aromatic N) is 2. The molecule has 138 valence electrons. The average Bonchev–Trinajstić information content (AvgIpc) is 2.72. The fraction of sp³-hybridized carbons (Fsp3) is 0.150. The van der Waals surface area contributed by atoms with Gasteiger partial charge in [-0.25, -0.2) is 0 Å². The summed E-state index contributed by atoms with van der Waals surface area (Å²) >= 11 is 6.14. The molecule has 0 aliphatic rings. The van der Waals surface area contributed by atoms with Crippen LogP contribution in [0, 0.1) is 0 Å². The zero-order valence-corrected chi connectivity index (χ0v) is 15.5. The Bertz CT molecular complexity index is 916. The molecule has 3 aromatic rings. The Morgan fingerprint density at radius 3 is 2.44 bits per heavy atom. The molecule has 6 nitrogen and oxygen atoms in total. The molecule has 3 rings (SSSR count). The Kier molecular flexibility index (Phi) is 6.22. The second kappa shape index (κ2) is 9.00. The van der Waals surface area contributed by atoms with Crippen LogP contribution < -0.4 is 15.4 Å².